The zero-order valence-corrected chi connectivity index (χ0v) is 18.3. The van der Waals surface area contributed by atoms with Crippen molar-refractivity contribution in [1.29, 1.82) is 0 Å². The lowest BCUT2D eigenvalue weighted by atomic mass is 10.1. The Kier molecular flexibility index (Phi) is 8.92. The fraction of sp³-hybridized carbons (Fsp3) is 0.545. The highest BCUT2D eigenvalue weighted by atomic mass is 32.1. The molecule has 0 bridgehead atoms. The molecule has 2 heterocycles. The second kappa shape index (κ2) is 11.9. The van der Waals surface area contributed by atoms with E-state index in [0.29, 0.717) is 12.5 Å². The topological polar surface area (TPSA) is 67.8 Å². The van der Waals surface area contributed by atoms with Gasteiger partial charge in [-0.25, -0.2) is 9.98 Å². The molecule has 0 amide bonds. The first kappa shape index (κ1) is 21.7. The summed E-state index contributed by atoms with van der Waals surface area (Å²) in [6.45, 7) is 9.73. The summed E-state index contributed by atoms with van der Waals surface area (Å²) in [7, 11) is 0. The van der Waals surface area contributed by atoms with Gasteiger partial charge in [-0.2, -0.15) is 0 Å². The van der Waals surface area contributed by atoms with Crippen molar-refractivity contribution >= 4 is 17.3 Å². The molecule has 1 atom stereocenters. The normalized spacial score (nSPS) is 16.9. The Morgan fingerprint density at radius 2 is 2.17 bits per heavy atom. The highest BCUT2D eigenvalue weighted by molar-refractivity contribution is 7.15. The van der Waals surface area contributed by atoms with Crippen LogP contribution in [0.3, 0.4) is 0 Å². The van der Waals surface area contributed by atoms with Gasteiger partial charge in [-0.05, 0) is 26.7 Å². The molecule has 1 saturated heterocycles. The first-order valence-electron chi connectivity index (χ1n) is 10.5. The van der Waals surface area contributed by atoms with Gasteiger partial charge in [-0.1, -0.05) is 30.3 Å². The predicted molar refractivity (Wildman–Crippen MR) is 119 cm³/mol. The van der Waals surface area contributed by atoms with Crippen LogP contribution in [0.4, 0.5) is 0 Å². The minimum absolute atomic E-state index is 0.574. The third-order valence-electron chi connectivity index (χ3n) is 4.77. The van der Waals surface area contributed by atoms with Gasteiger partial charge in [0, 0.05) is 42.7 Å². The van der Waals surface area contributed by atoms with Crippen molar-refractivity contribution in [3.05, 3.63) is 40.9 Å². The Hall–Kier alpha value is -1.96. The molecule has 3 rings (SSSR count). The number of rotatable bonds is 10. The summed E-state index contributed by atoms with van der Waals surface area (Å²) in [6.07, 6.45) is 2.08. The average molecular weight is 417 g/mol. The first-order valence-corrected chi connectivity index (χ1v) is 11.3. The minimum Gasteiger partial charge on any atom is -0.381 e. The molecular formula is C22H32N4O2S. The number of guanidine groups is 1. The van der Waals surface area contributed by atoms with Crippen LogP contribution in [0.2, 0.25) is 0 Å². The van der Waals surface area contributed by atoms with Crippen LogP contribution in [0.25, 0.3) is 10.6 Å². The van der Waals surface area contributed by atoms with E-state index >= 15 is 0 Å². The van der Waals surface area contributed by atoms with Crippen LogP contribution in [0.15, 0.2) is 35.3 Å². The quantitative estimate of drug-likeness (QED) is 0.352. The van der Waals surface area contributed by atoms with Gasteiger partial charge in [-0.15, -0.1) is 11.3 Å². The first-order chi connectivity index (χ1) is 14.3. The highest BCUT2D eigenvalue weighted by Crippen LogP contribution is 2.28. The van der Waals surface area contributed by atoms with Gasteiger partial charge in [0.15, 0.2) is 5.96 Å². The molecule has 1 aliphatic rings. The summed E-state index contributed by atoms with van der Waals surface area (Å²) < 4.78 is 11.1. The van der Waals surface area contributed by atoms with Gasteiger partial charge >= 0.3 is 0 Å². The summed E-state index contributed by atoms with van der Waals surface area (Å²) >= 11 is 1.72. The second-order valence-electron chi connectivity index (χ2n) is 7.17. The number of aliphatic imine (C=N–C) groups is 1. The molecule has 1 aromatic heterocycles. The molecule has 1 aromatic carbocycles. The van der Waals surface area contributed by atoms with Crippen molar-refractivity contribution in [1.82, 2.24) is 15.6 Å². The fourth-order valence-corrected chi connectivity index (χ4v) is 4.11. The van der Waals surface area contributed by atoms with E-state index < -0.39 is 0 Å². The maximum Gasteiger partial charge on any atom is 0.191 e. The molecule has 0 saturated carbocycles. The predicted octanol–water partition coefficient (Wildman–Crippen LogP) is 3.62. The molecule has 1 fully saturated rings. The summed E-state index contributed by atoms with van der Waals surface area (Å²) in [4.78, 5) is 10.7. The Labute approximate surface area is 177 Å². The zero-order chi connectivity index (χ0) is 20.3. The van der Waals surface area contributed by atoms with E-state index in [2.05, 4.69) is 36.6 Å². The number of benzene rings is 1. The van der Waals surface area contributed by atoms with Crippen LogP contribution in [-0.2, 0) is 16.0 Å². The monoisotopic (exact) mass is 416 g/mol. The molecule has 1 aliphatic heterocycles. The lowest BCUT2D eigenvalue weighted by Gasteiger charge is -2.12. The molecular weight excluding hydrogens is 384 g/mol. The average Bonchev–Trinajstić information content (AvgIpc) is 3.39. The van der Waals surface area contributed by atoms with Gasteiger partial charge in [0.2, 0.25) is 0 Å². The van der Waals surface area contributed by atoms with Crippen molar-refractivity contribution < 1.29 is 9.47 Å². The minimum atomic E-state index is 0.574. The SMILES string of the molecule is CCNC(=NCc1sc(-c2ccccc2)nc1C)NCCCOCC1CCOC1. The Balaban J connectivity index is 1.44. The van der Waals surface area contributed by atoms with E-state index in [0.717, 1.165) is 74.6 Å². The van der Waals surface area contributed by atoms with Crippen LogP contribution in [0, 0.1) is 12.8 Å². The molecule has 6 nitrogen and oxygen atoms in total. The van der Waals surface area contributed by atoms with Gasteiger partial charge in [0.05, 0.1) is 25.5 Å². The molecule has 2 aromatic rings. The molecule has 1 unspecified atom stereocenters. The van der Waals surface area contributed by atoms with Gasteiger partial charge in [-0.3, -0.25) is 0 Å². The maximum absolute atomic E-state index is 5.76. The number of hydrogen-bond acceptors (Lipinski definition) is 5. The van der Waals surface area contributed by atoms with Crippen LogP contribution < -0.4 is 10.6 Å². The lowest BCUT2D eigenvalue weighted by Crippen LogP contribution is -2.38. The van der Waals surface area contributed by atoms with E-state index in [1.165, 1.54) is 4.88 Å². The zero-order valence-electron chi connectivity index (χ0n) is 17.4. The third kappa shape index (κ3) is 7.10. The van der Waals surface area contributed by atoms with E-state index in [4.69, 9.17) is 19.5 Å². The molecule has 0 aliphatic carbocycles. The van der Waals surface area contributed by atoms with Crippen LogP contribution in [0.1, 0.15) is 30.3 Å². The van der Waals surface area contributed by atoms with Gasteiger partial charge < -0.3 is 20.1 Å². The van der Waals surface area contributed by atoms with Crippen molar-refractivity contribution in [2.75, 3.05) is 39.5 Å². The number of aromatic nitrogens is 1. The molecule has 0 spiro atoms. The van der Waals surface area contributed by atoms with Crippen molar-refractivity contribution in [3.8, 4) is 10.6 Å². The van der Waals surface area contributed by atoms with E-state index in [1.807, 2.05) is 18.2 Å². The molecule has 7 heteroatoms. The summed E-state index contributed by atoms with van der Waals surface area (Å²) in [6, 6.07) is 10.3. The van der Waals surface area contributed by atoms with E-state index in [-0.39, 0.29) is 0 Å². The molecule has 2 N–H and O–H groups in total. The number of nitrogens with one attached hydrogen (secondary N) is 2. The van der Waals surface area contributed by atoms with Crippen LogP contribution >= 0.6 is 11.3 Å². The Morgan fingerprint density at radius 1 is 1.31 bits per heavy atom. The van der Waals surface area contributed by atoms with Gasteiger partial charge in [0.1, 0.15) is 5.01 Å². The summed E-state index contributed by atoms with van der Waals surface area (Å²) in [5.74, 6) is 1.41. The largest absolute Gasteiger partial charge is 0.381 e. The highest BCUT2D eigenvalue weighted by Gasteiger charge is 2.15. The molecule has 158 valence electrons. The smallest absolute Gasteiger partial charge is 0.191 e. The van der Waals surface area contributed by atoms with E-state index in [9.17, 15) is 0 Å². The number of thiazole rings is 1. The number of ether oxygens (including phenoxy) is 2. The van der Waals surface area contributed by atoms with E-state index in [1.54, 1.807) is 11.3 Å². The number of hydrogen-bond donors (Lipinski definition) is 2. The third-order valence-corrected chi connectivity index (χ3v) is 5.97. The fourth-order valence-electron chi connectivity index (χ4n) is 3.12. The Morgan fingerprint density at radius 3 is 2.93 bits per heavy atom. The van der Waals surface area contributed by atoms with Crippen molar-refractivity contribution in [2.24, 2.45) is 10.9 Å². The standard InChI is InChI=1S/C22H32N4O2S/c1-3-23-22(24-11-7-12-27-15-18-10-13-28-16-18)25-14-20-17(2)26-21(29-20)19-8-5-4-6-9-19/h4-6,8-9,18H,3,7,10-16H2,1-2H3,(H2,23,24,25). The van der Waals surface area contributed by atoms with Gasteiger partial charge in [0.25, 0.3) is 0 Å². The van der Waals surface area contributed by atoms with Crippen LogP contribution in [-0.4, -0.2) is 50.5 Å². The van der Waals surface area contributed by atoms with Crippen molar-refractivity contribution in [2.45, 2.75) is 33.2 Å². The number of nitrogens with zero attached hydrogens (tertiary/aromatic N) is 2. The van der Waals surface area contributed by atoms with Crippen molar-refractivity contribution in [3.63, 3.8) is 0 Å². The number of aryl methyl sites for hydroxylation is 1. The Bertz CT molecular complexity index is 757. The summed E-state index contributed by atoms with van der Waals surface area (Å²) in [5.41, 5.74) is 2.21. The molecule has 0 radical (unpaired) electrons. The lowest BCUT2D eigenvalue weighted by molar-refractivity contribution is 0.0888. The second-order valence-corrected chi connectivity index (χ2v) is 8.26. The maximum atomic E-state index is 5.76. The molecule has 29 heavy (non-hydrogen) atoms. The van der Waals surface area contributed by atoms with Crippen LogP contribution in [0.5, 0.6) is 0 Å². The summed E-state index contributed by atoms with van der Waals surface area (Å²) in [5, 5.41) is 7.76.